The molecule has 8 atom stereocenters. The summed E-state index contributed by atoms with van der Waals surface area (Å²) in [6.07, 6.45) is -2.98. The number of hydrogen-bond donors (Lipinski definition) is 0. The molecule has 3 saturated carbocycles. The first-order chi connectivity index (χ1) is 13.0. The molecular weight excluding hydrogens is 383 g/mol. The number of esters is 1. The van der Waals surface area contributed by atoms with E-state index in [1.54, 1.807) is 0 Å². The molecule has 8 heteroatoms. The van der Waals surface area contributed by atoms with Crippen LogP contribution in [0.5, 0.6) is 0 Å². The quantitative estimate of drug-likeness (QED) is 0.208. The van der Waals surface area contributed by atoms with Crippen LogP contribution in [-0.2, 0) is 14.3 Å². The van der Waals surface area contributed by atoms with E-state index in [4.69, 9.17) is 0 Å². The number of carbonyl (C=O) groups is 1. The molecule has 0 amide bonds. The second kappa shape index (κ2) is 6.67. The Morgan fingerprint density at radius 2 is 1.71 bits per heavy atom. The maximum Gasteiger partial charge on any atom is 0.462 e. The van der Waals surface area contributed by atoms with E-state index >= 15 is 0 Å². The highest BCUT2D eigenvalue weighted by molar-refractivity contribution is 5.74. The zero-order valence-electron chi connectivity index (χ0n) is 15.8. The molecule has 0 aromatic heterocycles. The number of halogens is 5. The molecule has 3 fully saturated rings. The smallest absolute Gasteiger partial charge is 0.418 e. The molecule has 3 nitrogen and oxygen atoms in total. The second-order valence-corrected chi connectivity index (χ2v) is 9.20. The van der Waals surface area contributed by atoms with E-state index in [-0.39, 0.29) is 17.8 Å². The summed E-state index contributed by atoms with van der Waals surface area (Å²) in [5, 5.41) is 0. The first-order valence-corrected chi connectivity index (χ1v) is 9.95. The highest BCUT2D eigenvalue weighted by Gasteiger charge is 2.69. The fourth-order valence-electron chi connectivity index (χ4n) is 6.20. The van der Waals surface area contributed by atoms with Crippen LogP contribution in [0.4, 0.5) is 22.0 Å². The van der Waals surface area contributed by atoms with Crippen LogP contribution in [0.25, 0.3) is 0 Å². The van der Waals surface area contributed by atoms with Gasteiger partial charge in [0, 0.05) is 0 Å². The summed E-state index contributed by atoms with van der Waals surface area (Å²) >= 11 is 0. The predicted molar refractivity (Wildman–Crippen MR) is 89.1 cm³/mol. The van der Waals surface area contributed by atoms with Crippen molar-refractivity contribution in [2.24, 2.45) is 47.3 Å². The van der Waals surface area contributed by atoms with Crippen molar-refractivity contribution in [3.8, 4) is 0 Å². The van der Waals surface area contributed by atoms with Crippen molar-refractivity contribution in [2.75, 3.05) is 6.61 Å². The number of hydrogen-bond acceptors (Lipinski definition) is 3. The van der Waals surface area contributed by atoms with Gasteiger partial charge in [0.15, 0.2) is 0 Å². The van der Waals surface area contributed by atoms with Gasteiger partial charge >= 0.3 is 24.4 Å². The van der Waals surface area contributed by atoms with Gasteiger partial charge in [-0.2, -0.15) is 13.2 Å². The Morgan fingerprint density at radius 3 is 2.29 bits per heavy atom. The maximum atomic E-state index is 13.6. The van der Waals surface area contributed by atoms with Gasteiger partial charge in [-0.3, -0.25) is 4.79 Å². The van der Waals surface area contributed by atoms with Crippen LogP contribution in [0.15, 0.2) is 12.2 Å². The Kier molecular flexibility index (Phi) is 4.79. The van der Waals surface area contributed by atoms with Crippen LogP contribution in [-0.4, -0.2) is 31.0 Å². The van der Waals surface area contributed by atoms with Crippen molar-refractivity contribution < 1.29 is 36.2 Å². The summed E-state index contributed by atoms with van der Waals surface area (Å²) in [7, 11) is 0. The molecule has 0 N–H and O–H groups in total. The number of carbonyl (C=O) groups excluding carboxylic acids is 1. The van der Waals surface area contributed by atoms with E-state index in [9.17, 15) is 26.7 Å². The second-order valence-electron chi connectivity index (χ2n) is 9.20. The molecule has 0 aromatic rings. The number of allylic oxidation sites excluding steroid dienone is 2. The van der Waals surface area contributed by atoms with Gasteiger partial charge < -0.3 is 9.47 Å². The van der Waals surface area contributed by atoms with Crippen molar-refractivity contribution in [1.29, 1.82) is 0 Å². The third-order valence-electron chi connectivity index (χ3n) is 7.14. The third kappa shape index (κ3) is 2.89. The van der Waals surface area contributed by atoms with Crippen LogP contribution in [0, 0.1) is 47.3 Å². The van der Waals surface area contributed by atoms with E-state index in [0.29, 0.717) is 24.2 Å². The van der Waals surface area contributed by atoms with Crippen molar-refractivity contribution in [2.45, 2.75) is 51.5 Å². The average Bonchev–Trinajstić information content (AvgIpc) is 3.35. The first kappa shape index (κ1) is 20.1. The highest BCUT2D eigenvalue weighted by Crippen LogP contribution is 2.67. The lowest BCUT2D eigenvalue weighted by Gasteiger charge is -2.38. The molecule has 0 aliphatic heterocycles. The van der Waals surface area contributed by atoms with Crippen LogP contribution < -0.4 is 0 Å². The van der Waals surface area contributed by atoms with Gasteiger partial charge in [0.05, 0.1) is 12.5 Å². The van der Waals surface area contributed by atoms with Crippen LogP contribution in [0.3, 0.4) is 0 Å². The summed E-state index contributed by atoms with van der Waals surface area (Å²) in [6.45, 7) is 2.48. The van der Waals surface area contributed by atoms with Gasteiger partial charge in [-0.25, -0.2) is 8.78 Å². The van der Waals surface area contributed by atoms with E-state index in [0.717, 1.165) is 12.8 Å². The van der Waals surface area contributed by atoms with Crippen LogP contribution >= 0.6 is 0 Å². The van der Waals surface area contributed by atoms with E-state index in [1.807, 2.05) is 0 Å². The van der Waals surface area contributed by atoms with E-state index < -0.39 is 42.8 Å². The maximum absolute atomic E-state index is 13.6. The zero-order chi connectivity index (χ0) is 20.4. The Morgan fingerprint density at radius 1 is 1.07 bits per heavy atom. The standard InChI is InChI=1S/C20H25F5O3/c1-9(2)8-27-19(18(21)22,20(23,24)25)28-17(26)14-7-12-6-13(14)16-11-4-3-10(5-11)15(12)16/h3-4,9-16,18H,5-8H2,1-2H3. The minimum Gasteiger partial charge on any atom is -0.418 e. The lowest BCUT2D eigenvalue weighted by atomic mass is 9.69. The van der Waals surface area contributed by atoms with Gasteiger partial charge in [-0.15, -0.1) is 0 Å². The summed E-state index contributed by atoms with van der Waals surface area (Å²) in [5.41, 5.74) is 0. The molecule has 4 bridgehead atoms. The summed E-state index contributed by atoms with van der Waals surface area (Å²) in [4.78, 5) is 12.7. The fraction of sp³-hybridized carbons (Fsp3) is 0.850. The lowest BCUT2D eigenvalue weighted by Crippen LogP contribution is -2.58. The Bertz CT molecular complexity index is 661. The molecule has 0 spiro atoms. The Labute approximate surface area is 160 Å². The molecule has 0 heterocycles. The molecule has 8 unspecified atom stereocenters. The van der Waals surface area contributed by atoms with Crippen molar-refractivity contribution in [1.82, 2.24) is 0 Å². The number of alkyl halides is 5. The summed E-state index contributed by atoms with van der Waals surface area (Å²) < 4.78 is 76.8. The minimum absolute atomic E-state index is 0.0869. The molecular formula is C20H25F5O3. The van der Waals surface area contributed by atoms with Crippen molar-refractivity contribution in [3.63, 3.8) is 0 Å². The Balaban J connectivity index is 1.53. The average molecular weight is 408 g/mol. The third-order valence-corrected chi connectivity index (χ3v) is 7.14. The highest BCUT2D eigenvalue weighted by atomic mass is 19.4. The molecule has 4 aliphatic carbocycles. The monoisotopic (exact) mass is 408 g/mol. The molecule has 4 aliphatic rings. The molecule has 4 rings (SSSR count). The lowest BCUT2D eigenvalue weighted by molar-refractivity contribution is -0.403. The normalized spacial score (nSPS) is 40.4. The predicted octanol–water partition coefficient (Wildman–Crippen LogP) is 4.82. The molecule has 0 radical (unpaired) electrons. The van der Waals surface area contributed by atoms with Gasteiger partial charge in [0.1, 0.15) is 0 Å². The molecule has 158 valence electrons. The largest absolute Gasteiger partial charge is 0.462 e. The van der Waals surface area contributed by atoms with E-state index in [1.165, 1.54) is 13.8 Å². The van der Waals surface area contributed by atoms with Crippen LogP contribution in [0.1, 0.15) is 33.1 Å². The Hall–Kier alpha value is -1.18. The van der Waals surface area contributed by atoms with Gasteiger partial charge in [-0.05, 0) is 60.7 Å². The SMILES string of the molecule is CC(C)COC(OC(=O)C1CC2CC1C1C3C=CC(C3)C21)(C(F)F)C(F)(F)F. The zero-order valence-corrected chi connectivity index (χ0v) is 15.8. The van der Waals surface area contributed by atoms with Gasteiger partial charge in [-0.1, -0.05) is 26.0 Å². The number of fused-ring (bicyclic) bond motifs is 9. The van der Waals surface area contributed by atoms with Gasteiger partial charge in [0.25, 0.3) is 0 Å². The van der Waals surface area contributed by atoms with Gasteiger partial charge in [0.2, 0.25) is 0 Å². The fourth-order valence-corrected chi connectivity index (χ4v) is 6.20. The van der Waals surface area contributed by atoms with Crippen LogP contribution in [0.2, 0.25) is 0 Å². The molecule has 28 heavy (non-hydrogen) atoms. The number of rotatable bonds is 6. The van der Waals surface area contributed by atoms with Crippen molar-refractivity contribution >= 4 is 5.97 Å². The first-order valence-electron chi connectivity index (χ1n) is 9.95. The molecule has 0 aromatic carbocycles. The summed E-state index contributed by atoms with van der Waals surface area (Å²) in [6, 6.07) is 0. The minimum atomic E-state index is -5.53. The topological polar surface area (TPSA) is 35.5 Å². The van der Waals surface area contributed by atoms with E-state index in [2.05, 4.69) is 21.6 Å². The number of ether oxygens (including phenoxy) is 2. The molecule has 0 saturated heterocycles. The van der Waals surface area contributed by atoms with Crippen molar-refractivity contribution in [3.05, 3.63) is 12.2 Å². The summed E-state index contributed by atoms with van der Waals surface area (Å²) in [5.74, 6) is -4.84.